The first kappa shape index (κ1) is 17.3. The highest BCUT2D eigenvalue weighted by atomic mass is 32.2. The van der Waals surface area contributed by atoms with Crippen LogP contribution in [-0.2, 0) is 18.6 Å². The summed E-state index contributed by atoms with van der Waals surface area (Å²) in [5.74, 6) is 1.31. The second kappa shape index (κ2) is 6.68. The molecule has 0 radical (unpaired) electrons. The second-order valence-corrected chi connectivity index (χ2v) is 10.1. The van der Waals surface area contributed by atoms with Crippen molar-refractivity contribution in [3.05, 3.63) is 43.4 Å². The van der Waals surface area contributed by atoms with Gasteiger partial charge in [-0.15, -0.1) is 22.7 Å². The number of aromatic amines is 1. The van der Waals surface area contributed by atoms with Crippen molar-refractivity contribution in [2.24, 2.45) is 0 Å². The van der Waals surface area contributed by atoms with E-state index in [2.05, 4.69) is 28.8 Å². The lowest BCUT2D eigenvalue weighted by Gasteiger charge is -2.09. The topological polar surface area (TPSA) is 71.5 Å². The molecule has 4 heterocycles. The third-order valence-electron chi connectivity index (χ3n) is 5.15. The van der Waals surface area contributed by atoms with Crippen LogP contribution in [0.15, 0.2) is 16.1 Å². The minimum Gasteiger partial charge on any atom is -0.309 e. The van der Waals surface area contributed by atoms with Crippen LogP contribution in [0.4, 0.5) is 0 Å². The average Bonchev–Trinajstić information content (AvgIpc) is 3.18. The maximum Gasteiger partial charge on any atom is 0.259 e. The number of thioether (sulfide) groups is 1. The third kappa shape index (κ3) is 2.90. The summed E-state index contributed by atoms with van der Waals surface area (Å²) in [5, 5.41) is 2.90. The maximum atomic E-state index is 12.7. The molecule has 5 rings (SSSR count). The van der Waals surface area contributed by atoms with Crippen LogP contribution in [0.5, 0.6) is 0 Å². The maximum absolute atomic E-state index is 12.7. The highest BCUT2D eigenvalue weighted by Gasteiger charge is 2.20. The number of hydrogen-bond donors (Lipinski definition) is 1. The molecular weight excluding hydrogens is 396 g/mol. The molecule has 1 aliphatic rings. The van der Waals surface area contributed by atoms with Crippen LogP contribution in [-0.4, -0.2) is 19.9 Å². The van der Waals surface area contributed by atoms with E-state index in [0.717, 1.165) is 38.3 Å². The van der Waals surface area contributed by atoms with Gasteiger partial charge in [-0.2, -0.15) is 0 Å². The van der Waals surface area contributed by atoms with E-state index in [1.54, 1.807) is 40.8 Å². The Morgan fingerprint density at radius 3 is 2.85 bits per heavy atom. The Hall–Kier alpha value is -1.77. The summed E-state index contributed by atoms with van der Waals surface area (Å²) in [7, 11) is 0. The van der Waals surface area contributed by atoms with Gasteiger partial charge in [-0.1, -0.05) is 11.8 Å². The number of rotatable bonds is 3. The molecule has 138 valence electrons. The lowest BCUT2D eigenvalue weighted by molar-refractivity contribution is 0.700. The lowest BCUT2D eigenvalue weighted by atomic mass is 9.97. The second-order valence-electron chi connectivity index (χ2n) is 6.83. The highest BCUT2D eigenvalue weighted by Crippen LogP contribution is 2.36. The number of hydrogen-bond acceptors (Lipinski definition) is 7. The van der Waals surface area contributed by atoms with E-state index >= 15 is 0 Å². The number of thiophene rings is 2. The van der Waals surface area contributed by atoms with Crippen LogP contribution in [0.2, 0.25) is 0 Å². The summed E-state index contributed by atoms with van der Waals surface area (Å²) >= 11 is 5.00. The molecule has 0 saturated heterocycles. The lowest BCUT2D eigenvalue weighted by Crippen LogP contribution is -2.12. The molecular formula is C19H18N4OS3. The summed E-state index contributed by atoms with van der Waals surface area (Å²) in [6.07, 6.45) is 6.08. The number of nitrogens with zero attached hydrogens (tertiary/aromatic N) is 3. The first-order valence-electron chi connectivity index (χ1n) is 8.98. The summed E-state index contributed by atoms with van der Waals surface area (Å²) in [5.41, 5.74) is 2.47. The monoisotopic (exact) mass is 414 g/mol. The minimum atomic E-state index is 0.00499. The number of nitrogens with one attached hydrogen (secondary N) is 1. The van der Waals surface area contributed by atoms with Crippen molar-refractivity contribution in [1.82, 2.24) is 19.9 Å². The van der Waals surface area contributed by atoms with E-state index in [1.165, 1.54) is 33.7 Å². The Labute approximate surface area is 168 Å². The molecule has 0 spiro atoms. The van der Waals surface area contributed by atoms with Crippen molar-refractivity contribution in [3.8, 4) is 0 Å². The van der Waals surface area contributed by atoms with Crippen LogP contribution in [0, 0.1) is 13.8 Å². The fourth-order valence-corrected chi connectivity index (χ4v) is 6.94. The van der Waals surface area contributed by atoms with Gasteiger partial charge in [-0.25, -0.2) is 15.0 Å². The van der Waals surface area contributed by atoms with Crippen molar-refractivity contribution >= 4 is 54.9 Å². The van der Waals surface area contributed by atoms with Crippen molar-refractivity contribution in [3.63, 3.8) is 0 Å². The molecule has 0 unspecified atom stereocenters. The normalized spacial score (nSPS) is 14.1. The van der Waals surface area contributed by atoms with Gasteiger partial charge in [-0.05, 0) is 50.7 Å². The summed E-state index contributed by atoms with van der Waals surface area (Å²) in [4.78, 5) is 33.8. The van der Waals surface area contributed by atoms with Gasteiger partial charge in [0.15, 0.2) is 0 Å². The molecule has 1 N–H and O–H groups in total. The van der Waals surface area contributed by atoms with E-state index in [0.29, 0.717) is 11.6 Å². The fraction of sp³-hybridized carbons (Fsp3) is 0.368. The Balaban J connectivity index is 1.50. The molecule has 1 aliphatic carbocycles. The van der Waals surface area contributed by atoms with Crippen molar-refractivity contribution < 1.29 is 0 Å². The molecule has 8 heteroatoms. The quantitative estimate of drug-likeness (QED) is 0.386. The summed E-state index contributed by atoms with van der Waals surface area (Å²) < 4.78 is 0. The molecule has 0 saturated carbocycles. The molecule has 4 aromatic rings. The number of aromatic nitrogens is 4. The Morgan fingerprint density at radius 2 is 1.96 bits per heavy atom. The largest absolute Gasteiger partial charge is 0.309 e. The van der Waals surface area contributed by atoms with Gasteiger partial charge in [0, 0.05) is 15.1 Å². The van der Waals surface area contributed by atoms with Gasteiger partial charge >= 0.3 is 0 Å². The zero-order valence-electron chi connectivity index (χ0n) is 15.1. The van der Waals surface area contributed by atoms with Crippen molar-refractivity contribution in [1.29, 1.82) is 0 Å². The smallest absolute Gasteiger partial charge is 0.259 e. The molecule has 0 aromatic carbocycles. The predicted molar refractivity (Wildman–Crippen MR) is 113 cm³/mol. The first-order valence-corrected chi connectivity index (χ1v) is 11.6. The van der Waals surface area contributed by atoms with Gasteiger partial charge in [0.2, 0.25) is 0 Å². The molecule has 0 amide bonds. The zero-order chi connectivity index (χ0) is 18.5. The van der Waals surface area contributed by atoms with Gasteiger partial charge in [0.25, 0.3) is 5.56 Å². The van der Waals surface area contributed by atoms with E-state index in [-0.39, 0.29) is 5.56 Å². The highest BCUT2D eigenvalue weighted by molar-refractivity contribution is 7.98. The number of H-pyrrole nitrogens is 1. The van der Waals surface area contributed by atoms with Crippen LogP contribution in [0.3, 0.4) is 0 Å². The average molecular weight is 415 g/mol. The molecule has 0 fully saturated rings. The van der Waals surface area contributed by atoms with E-state index in [9.17, 15) is 4.79 Å². The van der Waals surface area contributed by atoms with Crippen LogP contribution < -0.4 is 5.56 Å². The van der Waals surface area contributed by atoms with Gasteiger partial charge in [0.1, 0.15) is 26.8 Å². The molecule has 0 bridgehead atoms. The van der Waals surface area contributed by atoms with E-state index in [1.807, 2.05) is 0 Å². The van der Waals surface area contributed by atoms with Crippen molar-refractivity contribution in [2.45, 2.75) is 50.3 Å². The summed E-state index contributed by atoms with van der Waals surface area (Å²) in [6, 6.07) is 0. The SMILES string of the molecule is Cc1sc2ncnc(SCc3nc4sc5c(c4c(=O)[nH]3)CCCC5)c2c1C. The summed E-state index contributed by atoms with van der Waals surface area (Å²) in [6.45, 7) is 4.23. The van der Waals surface area contributed by atoms with Gasteiger partial charge in [0.05, 0.1) is 11.1 Å². The van der Waals surface area contributed by atoms with Crippen molar-refractivity contribution in [2.75, 3.05) is 0 Å². The predicted octanol–water partition coefficient (Wildman–Crippen LogP) is 4.78. The Bertz CT molecular complexity index is 1240. The van der Waals surface area contributed by atoms with Crippen LogP contribution in [0.1, 0.15) is 39.5 Å². The number of aryl methyl sites for hydroxylation is 4. The fourth-order valence-electron chi connectivity index (χ4n) is 3.67. The molecule has 0 aliphatic heterocycles. The molecule has 5 nitrogen and oxygen atoms in total. The zero-order valence-corrected chi connectivity index (χ0v) is 17.5. The van der Waals surface area contributed by atoms with E-state index < -0.39 is 0 Å². The van der Waals surface area contributed by atoms with Crippen LogP contribution in [0.25, 0.3) is 20.4 Å². The minimum absolute atomic E-state index is 0.00499. The number of fused-ring (bicyclic) bond motifs is 4. The Morgan fingerprint density at radius 1 is 1.11 bits per heavy atom. The first-order chi connectivity index (χ1) is 13.1. The van der Waals surface area contributed by atoms with E-state index in [4.69, 9.17) is 4.98 Å². The standard InChI is InChI=1S/C19H18N4OS3/c1-9-10(2)26-18-14(9)17(20-8-21-18)25-7-13-22-16(24)15-11-5-3-4-6-12(11)27-19(15)23-13/h8H,3-7H2,1-2H3,(H,22,23,24). The molecule has 27 heavy (non-hydrogen) atoms. The van der Waals surface area contributed by atoms with Gasteiger partial charge in [-0.3, -0.25) is 4.79 Å². The van der Waals surface area contributed by atoms with Crippen LogP contribution >= 0.6 is 34.4 Å². The van der Waals surface area contributed by atoms with Gasteiger partial charge < -0.3 is 4.98 Å². The third-order valence-corrected chi connectivity index (χ3v) is 8.45. The Kier molecular flexibility index (Phi) is 4.29. The molecule has 0 atom stereocenters. The molecule has 4 aromatic heterocycles.